The monoisotopic (exact) mass is 512 g/mol. The summed E-state index contributed by atoms with van der Waals surface area (Å²) in [5.41, 5.74) is 5.02. The zero-order valence-corrected chi connectivity index (χ0v) is 22.1. The normalized spacial score (nSPS) is 14.3. The highest BCUT2D eigenvalue weighted by Gasteiger charge is 2.20. The van der Waals surface area contributed by atoms with Crippen molar-refractivity contribution in [1.82, 2.24) is 14.8 Å². The highest BCUT2D eigenvalue weighted by molar-refractivity contribution is 6.43. The molecule has 4 rings (SSSR count). The van der Waals surface area contributed by atoms with E-state index in [1.165, 1.54) is 0 Å². The van der Waals surface area contributed by atoms with Gasteiger partial charge in [0, 0.05) is 50.7 Å². The van der Waals surface area contributed by atoms with Crippen molar-refractivity contribution in [3.8, 4) is 11.3 Å². The van der Waals surface area contributed by atoms with Gasteiger partial charge in [-0.3, -0.25) is 9.69 Å². The Morgan fingerprint density at radius 3 is 2.43 bits per heavy atom. The quantitative estimate of drug-likeness (QED) is 0.351. The Bertz CT molecular complexity index is 1140. The van der Waals surface area contributed by atoms with E-state index in [1.54, 1.807) is 0 Å². The van der Waals surface area contributed by atoms with Crippen molar-refractivity contribution in [1.29, 1.82) is 0 Å². The van der Waals surface area contributed by atoms with E-state index in [0.717, 1.165) is 80.3 Å². The van der Waals surface area contributed by atoms with E-state index >= 15 is 0 Å². The molecule has 0 aliphatic carbocycles. The number of aromatic nitrogens is 1. The topological polar surface area (TPSA) is 40.5 Å². The van der Waals surface area contributed by atoms with E-state index < -0.39 is 0 Å². The minimum atomic E-state index is 0.0129. The molecule has 1 aromatic heterocycles. The molecule has 1 amide bonds. The molecule has 0 unspecified atom stereocenters. The predicted molar refractivity (Wildman–Crippen MR) is 147 cm³/mol. The maximum atomic E-state index is 12.9. The fourth-order valence-electron chi connectivity index (χ4n) is 4.84. The Hall–Kier alpha value is -2.47. The van der Waals surface area contributed by atoms with Gasteiger partial charge in [-0.2, -0.15) is 0 Å². The zero-order chi connectivity index (χ0) is 24.8. The SMILES string of the molecule is CCn1c(-c2ccccc2)cc(C(=O)NCCCCN2CCN(c3cccc(Cl)c3Cl)CC2)c1C. The van der Waals surface area contributed by atoms with Gasteiger partial charge in [0.15, 0.2) is 0 Å². The molecule has 35 heavy (non-hydrogen) atoms. The first-order chi connectivity index (χ1) is 17.0. The van der Waals surface area contributed by atoms with Crippen molar-refractivity contribution >= 4 is 34.8 Å². The third-order valence-corrected chi connectivity index (χ3v) is 7.64. The number of halogens is 2. The number of hydrogen-bond donors (Lipinski definition) is 1. The first-order valence-corrected chi connectivity index (χ1v) is 13.2. The lowest BCUT2D eigenvalue weighted by molar-refractivity contribution is 0.0952. The van der Waals surface area contributed by atoms with Gasteiger partial charge in [-0.15, -0.1) is 0 Å². The number of unbranched alkanes of at least 4 members (excludes halogenated alkanes) is 1. The number of amides is 1. The number of hydrogen-bond acceptors (Lipinski definition) is 3. The summed E-state index contributed by atoms with van der Waals surface area (Å²) < 4.78 is 2.21. The average Bonchev–Trinajstić information content (AvgIpc) is 3.22. The molecule has 186 valence electrons. The van der Waals surface area contributed by atoms with Crippen molar-refractivity contribution in [3.63, 3.8) is 0 Å². The second kappa shape index (κ2) is 12.0. The number of benzene rings is 2. The molecule has 5 nitrogen and oxygen atoms in total. The van der Waals surface area contributed by atoms with Gasteiger partial charge in [-0.1, -0.05) is 59.6 Å². The highest BCUT2D eigenvalue weighted by atomic mass is 35.5. The molecule has 0 radical (unpaired) electrons. The summed E-state index contributed by atoms with van der Waals surface area (Å²) in [7, 11) is 0. The lowest BCUT2D eigenvalue weighted by Crippen LogP contribution is -2.46. The molecule has 1 fully saturated rings. The van der Waals surface area contributed by atoms with E-state index in [0.29, 0.717) is 16.6 Å². The van der Waals surface area contributed by atoms with Crippen molar-refractivity contribution in [2.24, 2.45) is 0 Å². The lowest BCUT2D eigenvalue weighted by Gasteiger charge is -2.36. The second-order valence-electron chi connectivity index (χ2n) is 9.00. The molecule has 0 saturated carbocycles. The zero-order valence-electron chi connectivity index (χ0n) is 20.6. The van der Waals surface area contributed by atoms with Crippen LogP contribution < -0.4 is 10.2 Å². The van der Waals surface area contributed by atoms with Crippen LogP contribution in [-0.2, 0) is 6.54 Å². The molecule has 1 N–H and O–H groups in total. The second-order valence-corrected chi connectivity index (χ2v) is 9.79. The summed E-state index contributed by atoms with van der Waals surface area (Å²) in [6, 6.07) is 18.1. The predicted octanol–water partition coefficient (Wildman–Crippen LogP) is 6.12. The first-order valence-electron chi connectivity index (χ1n) is 12.4. The summed E-state index contributed by atoms with van der Waals surface area (Å²) in [6.07, 6.45) is 2.02. The van der Waals surface area contributed by atoms with Crippen molar-refractivity contribution in [2.45, 2.75) is 33.2 Å². The van der Waals surface area contributed by atoms with Crippen LogP contribution in [0.5, 0.6) is 0 Å². The fourth-order valence-corrected chi connectivity index (χ4v) is 5.25. The smallest absolute Gasteiger partial charge is 0.253 e. The van der Waals surface area contributed by atoms with Crippen LogP contribution in [0, 0.1) is 6.92 Å². The van der Waals surface area contributed by atoms with E-state index in [-0.39, 0.29) is 5.91 Å². The molecule has 3 aromatic rings. The number of piperazine rings is 1. The third kappa shape index (κ3) is 6.03. The van der Waals surface area contributed by atoms with Crippen LogP contribution in [0.4, 0.5) is 5.69 Å². The van der Waals surface area contributed by atoms with Gasteiger partial charge >= 0.3 is 0 Å². The minimum absolute atomic E-state index is 0.0129. The number of carbonyl (C=O) groups excluding carboxylic acids is 1. The third-order valence-electron chi connectivity index (χ3n) is 6.83. The van der Waals surface area contributed by atoms with Crippen LogP contribution in [0.15, 0.2) is 54.6 Å². The first kappa shape index (κ1) is 25.6. The molecular formula is C28H34Cl2N4O. The summed E-state index contributed by atoms with van der Waals surface area (Å²) in [6.45, 7) is 10.6. The van der Waals surface area contributed by atoms with Crippen molar-refractivity contribution in [3.05, 3.63) is 75.9 Å². The Morgan fingerprint density at radius 2 is 1.71 bits per heavy atom. The maximum Gasteiger partial charge on any atom is 0.253 e. The molecule has 7 heteroatoms. The maximum absolute atomic E-state index is 12.9. The molecule has 1 aliphatic rings. The van der Waals surface area contributed by atoms with E-state index in [2.05, 4.69) is 38.7 Å². The molecule has 0 atom stereocenters. The number of nitrogens with zero attached hydrogens (tertiary/aromatic N) is 3. The number of nitrogens with one attached hydrogen (secondary N) is 1. The van der Waals surface area contributed by atoms with Gasteiger partial charge in [0.2, 0.25) is 0 Å². The van der Waals surface area contributed by atoms with Crippen molar-refractivity contribution < 1.29 is 4.79 Å². The fraction of sp³-hybridized carbons (Fsp3) is 0.393. The Morgan fingerprint density at radius 1 is 0.971 bits per heavy atom. The molecule has 0 bridgehead atoms. The van der Waals surface area contributed by atoms with Crippen molar-refractivity contribution in [2.75, 3.05) is 44.2 Å². The van der Waals surface area contributed by atoms with Crippen LogP contribution in [0.3, 0.4) is 0 Å². The van der Waals surface area contributed by atoms with Gasteiger partial charge in [0.25, 0.3) is 5.91 Å². The molecule has 0 spiro atoms. The summed E-state index contributed by atoms with van der Waals surface area (Å²) in [5, 5.41) is 4.37. The molecular weight excluding hydrogens is 479 g/mol. The number of carbonyl (C=O) groups is 1. The molecule has 1 saturated heterocycles. The van der Waals surface area contributed by atoms with Crippen LogP contribution in [0.2, 0.25) is 10.0 Å². The molecule has 2 aromatic carbocycles. The minimum Gasteiger partial charge on any atom is -0.368 e. The van der Waals surface area contributed by atoms with E-state index in [1.807, 2.05) is 49.4 Å². The average molecular weight is 514 g/mol. The Balaban J connectivity index is 1.21. The molecule has 1 aliphatic heterocycles. The largest absolute Gasteiger partial charge is 0.368 e. The number of rotatable bonds is 9. The van der Waals surface area contributed by atoms with Gasteiger partial charge in [-0.05, 0) is 57.0 Å². The van der Waals surface area contributed by atoms with Gasteiger partial charge in [0.1, 0.15) is 0 Å². The highest BCUT2D eigenvalue weighted by Crippen LogP contribution is 2.33. The summed E-state index contributed by atoms with van der Waals surface area (Å²) >= 11 is 12.6. The van der Waals surface area contributed by atoms with Gasteiger partial charge < -0.3 is 14.8 Å². The van der Waals surface area contributed by atoms with Gasteiger partial charge in [-0.25, -0.2) is 0 Å². The lowest BCUT2D eigenvalue weighted by atomic mass is 10.1. The van der Waals surface area contributed by atoms with Crippen LogP contribution >= 0.6 is 23.2 Å². The van der Waals surface area contributed by atoms with E-state index in [9.17, 15) is 4.79 Å². The van der Waals surface area contributed by atoms with Crippen LogP contribution in [-0.4, -0.2) is 54.6 Å². The Labute approximate surface area is 218 Å². The van der Waals surface area contributed by atoms with Gasteiger partial charge in [0.05, 0.1) is 21.3 Å². The van der Waals surface area contributed by atoms with Crippen LogP contribution in [0.25, 0.3) is 11.3 Å². The summed E-state index contributed by atoms with van der Waals surface area (Å²) in [4.78, 5) is 17.7. The Kier molecular flexibility index (Phi) is 8.77. The van der Waals surface area contributed by atoms with Crippen LogP contribution in [0.1, 0.15) is 35.8 Å². The van der Waals surface area contributed by atoms with E-state index in [4.69, 9.17) is 23.2 Å². The standard InChI is InChI=1S/C28H34Cl2N4O/c1-3-34-21(2)23(20-26(34)22-10-5-4-6-11-22)28(35)31-14-7-8-15-32-16-18-33(19-17-32)25-13-9-12-24(29)27(25)30/h4-6,9-13,20H,3,7-8,14-19H2,1-2H3,(H,31,35). The summed E-state index contributed by atoms with van der Waals surface area (Å²) in [5.74, 6) is 0.0129. The number of anilines is 1. The molecule has 2 heterocycles.